The third-order valence-corrected chi connectivity index (χ3v) is 4.25. The molecule has 0 bridgehead atoms. The van der Waals surface area contributed by atoms with Gasteiger partial charge in [-0.3, -0.25) is 9.78 Å². The molecule has 2 aromatic rings. The Labute approximate surface area is 119 Å². The first-order valence-corrected chi connectivity index (χ1v) is 7.21. The molecule has 0 spiro atoms. The molecule has 104 valence electrons. The number of ether oxygens (including phenoxy) is 1. The molecule has 0 radical (unpaired) electrons. The van der Waals surface area contributed by atoms with Gasteiger partial charge in [0.15, 0.2) is 0 Å². The second-order valence-corrected chi connectivity index (χ2v) is 5.51. The van der Waals surface area contributed by atoms with E-state index in [1.807, 2.05) is 18.2 Å². The van der Waals surface area contributed by atoms with Gasteiger partial charge in [0.2, 0.25) is 0 Å². The van der Waals surface area contributed by atoms with Crippen LogP contribution in [-0.4, -0.2) is 18.1 Å². The summed E-state index contributed by atoms with van der Waals surface area (Å²) >= 11 is 0. The van der Waals surface area contributed by atoms with Crippen LogP contribution in [0.2, 0.25) is 0 Å². The van der Waals surface area contributed by atoms with Crippen molar-refractivity contribution in [3.8, 4) is 0 Å². The van der Waals surface area contributed by atoms with Gasteiger partial charge in [0.25, 0.3) is 0 Å². The predicted octanol–water partition coefficient (Wildman–Crippen LogP) is 3.68. The van der Waals surface area contributed by atoms with E-state index in [9.17, 15) is 4.79 Å². The third kappa shape index (κ3) is 2.53. The van der Waals surface area contributed by atoms with Crippen LogP contribution in [0, 0.1) is 5.92 Å². The third-order valence-electron chi connectivity index (χ3n) is 4.25. The smallest absolute Gasteiger partial charge is 0.308 e. The number of para-hydroxylation sites is 1. The highest BCUT2D eigenvalue weighted by molar-refractivity contribution is 5.78. The normalized spacial score (nSPS) is 22.6. The number of pyridine rings is 1. The zero-order valence-electron chi connectivity index (χ0n) is 11.7. The summed E-state index contributed by atoms with van der Waals surface area (Å²) in [6.07, 6.45) is 3.98. The summed E-state index contributed by atoms with van der Waals surface area (Å²) in [5, 5.41) is 1.16. The number of nitrogens with zero attached hydrogens (tertiary/aromatic N) is 1. The first-order chi connectivity index (χ1) is 9.78. The summed E-state index contributed by atoms with van der Waals surface area (Å²) in [5.41, 5.74) is 2.14. The van der Waals surface area contributed by atoms with Gasteiger partial charge in [-0.2, -0.15) is 0 Å². The van der Waals surface area contributed by atoms with E-state index in [0.29, 0.717) is 5.92 Å². The number of esters is 1. The second-order valence-electron chi connectivity index (χ2n) is 5.51. The van der Waals surface area contributed by atoms with Crippen molar-refractivity contribution >= 4 is 16.9 Å². The van der Waals surface area contributed by atoms with Gasteiger partial charge in [0.05, 0.1) is 18.5 Å². The SMILES string of the molecule is COC(=O)C1CCCC(c2ccc3ccccc3n2)C1. The van der Waals surface area contributed by atoms with Crippen LogP contribution in [0.1, 0.15) is 37.3 Å². The molecular weight excluding hydrogens is 250 g/mol. The molecule has 20 heavy (non-hydrogen) atoms. The maximum Gasteiger partial charge on any atom is 0.308 e. The molecule has 1 aromatic carbocycles. The number of carbonyl (C=O) groups is 1. The van der Waals surface area contributed by atoms with Crippen LogP contribution in [0.25, 0.3) is 10.9 Å². The van der Waals surface area contributed by atoms with Crippen molar-refractivity contribution in [2.75, 3.05) is 7.11 Å². The number of rotatable bonds is 2. The molecule has 1 heterocycles. The average Bonchev–Trinajstić information content (AvgIpc) is 2.53. The minimum absolute atomic E-state index is 0.0343. The van der Waals surface area contributed by atoms with Crippen molar-refractivity contribution in [2.24, 2.45) is 5.92 Å². The summed E-state index contributed by atoms with van der Waals surface area (Å²) in [5.74, 6) is 0.333. The lowest BCUT2D eigenvalue weighted by molar-refractivity contribution is -0.146. The number of aromatic nitrogens is 1. The summed E-state index contributed by atoms with van der Waals surface area (Å²) in [7, 11) is 1.47. The summed E-state index contributed by atoms with van der Waals surface area (Å²) < 4.78 is 4.88. The molecule has 0 amide bonds. The molecule has 1 fully saturated rings. The second kappa shape index (κ2) is 5.61. The van der Waals surface area contributed by atoms with Crippen molar-refractivity contribution in [3.05, 3.63) is 42.1 Å². The van der Waals surface area contributed by atoms with E-state index in [1.165, 1.54) is 7.11 Å². The molecule has 0 saturated heterocycles. The van der Waals surface area contributed by atoms with Gasteiger partial charge < -0.3 is 4.74 Å². The number of hydrogen-bond acceptors (Lipinski definition) is 3. The summed E-state index contributed by atoms with van der Waals surface area (Å²) in [6.45, 7) is 0. The Morgan fingerprint density at radius 3 is 2.90 bits per heavy atom. The fraction of sp³-hybridized carbons (Fsp3) is 0.412. The fourth-order valence-corrected chi connectivity index (χ4v) is 3.15. The number of methoxy groups -OCH3 is 1. The molecule has 2 atom stereocenters. The van der Waals surface area contributed by atoms with E-state index in [1.54, 1.807) is 0 Å². The minimum Gasteiger partial charge on any atom is -0.469 e. The molecule has 1 aliphatic rings. The Hall–Kier alpha value is -1.90. The fourth-order valence-electron chi connectivity index (χ4n) is 3.15. The molecule has 1 aliphatic carbocycles. The van der Waals surface area contributed by atoms with E-state index >= 15 is 0 Å². The molecule has 0 N–H and O–H groups in total. The maximum atomic E-state index is 11.7. The van der Waals surface area contributed by atoms with Gasteiger partial charge in [-0.25, -0.2) is 0 Å². The Morgan fingerprint density at radius 2 is 2.05 bits per heavy atom. The zero-order chi connectivity index (χ0) is 13.9. The van der Waals surface area contributed by atoms with E-state index in [2.05, 4.69) is 18.2 Å². The van der Waals surface area contributed by atoms with Crippen LogP contribution >= 0.6 is 0 Å². The number of fused-ring (bicyclic) bond motifs is 1. The topological polar surface area (TPSA) is 39.2 Å². The summed E-state index contributed by atoms with van der Waals surface area (Å²) in [4.78, 5) is 16.5. The molecule has 3 rings (SSSR count). The quantitative estimate of drug-likeness (QED) is 0.781. The standard InChI is InChI=1S/C17H19NO2/c1-20-17(19)14-7-4-6-13(11-14)16-10-9-12-5-2-3-8-15(12)18-16/h2-3,5,8-10,13-14H,4,6-7,11H2,1H3. The van der Waals surface area contributed by atoms with Crippen LogP contribution in [0.5, 0.6) is 0 Å². The van der Waals surface area contributed by atoms with Crippen LogP contribution in [0.15, 0.2) is 36.4 Å². The Bertz CT molecular complexity index is 623. The highest BCUT2D eigenvalue weighted by Gasteiger charge is 2.29. The number of hydrogen-bond donors (Lipinski definition) is 0. The van der Waals surface area contributed by atoms with E-state index < -0.39 is 0 Å². The van der Waals surface area contributed by atoms with Crippen molar-refractivity contribution in [1.82, 2.24) is 4.98 Å². The molecule has 1 aromatic heterocycles. The average molecular weight is 269 g/mol. The van der Waals surface area contributed by atoms with E-state index in [0.717, 1.165) is 42.3 Å². The Morgan fingerprint density at radius 1 is 1.20 bits per heavy atom. The first-order valence-electron chi connectivity index (χ1n) is 7.21. The lowest BCUT2D eigenvalue weighted by Gasteiger charge is -2.27. The molecule has 0 aliphatic heterocycles. The van der Waals surface area contributed by atoms with Gasteiger partial charge >= 0.3 is 5.97 Å². The molecule has 3 nitrogen and oxygen atoms in total. The van der Waals surface area contributed by atoms with Crippen LogP contribution in [-0.2, 0) is 9.53 Å². The van der Waals surface area contributed by atoms with E-state index in [-0.39, 0.29) is 11.9 Å². The van der Waals surface area contributed by atoms with Gasteiger partial charge in [-0.15, -0.1) is 0 Å². The Balaban J connectivity index is 1.84. The maximum absolute atomic E-state index is 11.7. The van der Waals surface area contributed by atoms with Gasteiger partial charge in [-0.1, -0.05) is 30.7 Å². The van der Waals surface area contributed by atoms with E-state index in [4.69, 9.17) is 9.72 Å². The molecule has 2 unspecified atom stereocenters. The highest BCUT2D eigenvalue weighted by Crippen LogP contribution is 2.36. The number of benzene rings is 1. The zero-order valence-corrected chi connectivity index (χ0v) is 11.7. The van der Waals surface area contributed by atoms with Gasteiger partial charge in [0, 0.05) is 17.0 Å². The Kier molecular flexibility index (Phi) is 3.68. The number of carbonyl (C=O) groups excluding carboxylic acids is 1. The molecule has 1 saturated carbocycles. The molecular formula is C17H19NO2. The largest absolute Gasteiger partial charge is 0.469 e. The monoisotopic (exact) mass is 269 g/mol. The van der Waals surface area contributed by atoms with Crippen molar-refractivity contribution in [1.29, 1.82) is 0 Å². The predicted molar refractivity (Wildman–Crippen MR) is 78.5 cm³/mol. The first kappa shape index (κ1) is 13.1. The van der Waals surface area contributed by atoms with Crippen LogP contribution in [0.3, 0.4) is 0 Å². The van der Waals surface area contributed by atoms with Crippen molar-refractivity contribution in [3.63, 3.8) is 0 Å². The van der Waals surface area contributed by atoms with Gasteiger partial charge in [-0.05, 0) is 31.4 Å². The van der Waals surface area contributed by atoms with Crippen molar-refractivity contribution < 1.29 is 9.53 Å². The van der Waals surface area contributed by atoms with Crippen LogP contribution in [0.4, 0.5) is 0 Å². The minimum atomic E-state index is -0.0736. The lowest BCUT2D eigenvalue weighted by Crippen LogP contribution is -2.23. The van der Waals surface area contributed by atoms with Crippen LogP contribution < -0.4 is 0 Å². The molecule has 3 heteroatoms. The van der Waals surface area contributed by atoms with Gasteiger partial charge in [0.1, 0.15) is 0 Å². The van der Waals surface area contributed by atoms with Crippen molar-refractivity contribution in [2.45, 2.75) is 31.6 Å². The lowest BCUT2D eigenvalue weighted by atomic mass is 9.79. The highest BCUT2D eigenvalue weighted by atomic mass is 16.5. The summed E-state index contributed by atoms with van der Waals surface area (Å²) in [6, 6.07) is 12.4.